The zero-order valence-corrected chi connectivity index (χ0v) is 12.2. The molecule has 1 aromatic rings. The number of nitrogens with one attached hydrogen (secondary N) is 1. The first-order chi connectivity index (χ1) is 8.15. The zero-order chi connectivity index (χ0) is 12.7. The van der Waals surface area contributed by atoms with E-state index in [1.807, 2.05) is 44.3 Å². The molecule has 0 aliphatic carbocycles. The van der Waals surface area contributed by atoms with Crippen LogP contribution in [0.4, 0.5) is 0 Å². The molecule has 0 spiro atoms. The summed E-state index contributed by atoms with van der Waals surface area (Å²) in [5.74, 6) is 0.141. The van der Waals surface area contributed by atoms with Crippen molar-refractivity contribution in [3.05, 3.63) is 35.9 Å². The number of amides is 1. The maximum Gasteiger partial charge on any atom is 0.239 e. The molecular formula is C14H23ClN2O. The van der Waals surface area contributed by atoms with Gasteiger partial charge in [0, 0.05) is 13.6 Å². The number of carbonyl (C=O) groups excluding carboxylic acids is 1. The van der Waals surface area contributed by atoms with Crippen LogP contribution in [0.25, 0.3) is 0 Å². The Bertz CT molecular complexity index is 343. The van der Waals surface area contributed by atoms with Crippen LogP contribution < -0.4 is 5.32 Å². The largest absolute Gasteiger partial charge is 0.340 e. The second-order valence-corrected chi connectivity index (χ2v) is 4.36. The van der Waals surface area contributed by atoms with Gasteiger partial charge < -0.3 is 10.2 Å². The average molecular weight is 271 g/mol. The Morgan fingerprint density at radius 3 is 2.50 bits per heavy atom. The summed E-state index contributed by atoms with van der Waals surface area (Å²) in [6.45, 7) is 5.56. The number of hydrogen-bond acceptors (Lipinski definition) is 2. The maximum absolute atomic E-state index is 12.0. The lowest BCUT2D eigenvalue weighted by Crippen LogP contribution is -2.43. The van der Waals surface area contributed by atoms with Crippen molar-refractivity contribution in [3.8, 4) is 0 Å². The van der Waals surface area contributed by atoms with E-state index >= 15 is 0 Å². The zero-order valence-electron chi connectivity index (χ0n) is 11.3. The minimum Gasteiger partial charge on any atom is -0.340 e. The van der Waals surface area contributed by atoms with Gasteiger partial charge in [0.25, 0.3) is 0 Å². The van der Waals surface area contributed by atoms with Gasteiger partial charge in [0.15, 0.2) is 0 Å². The first-order valence-corrected chi connectivity index (χ1v) is 6.17. The van der Waals surface area contributed by atoms with Crippen molar-refractivity contribution in [2.45, 2.75) is 32.9 Å². The predicted octanol–water partition coefficient (Wildman–Crippen LogP) is 2.45. The van der Waals surface area contributed by atoms with Crippen LogP contribution in [-0.4, -0.2) is 30.4 Å². The number of likely N-dealkylation sites (N-methyl/N-ethyl adjacent to an activating group) is 1. The fourth-order valence-electron chi connectivity index (χ4n) is 1.71. The van der Waals surface area contributed by atoms with Crippen LogP contribution >= 0.6 is 12.4 Å². The lowest BCUT2D eigenvalue weighted by Gasteiger charge is -2.22. The minimum absolute atomic E-state index is 0. The van der Waals surface area contributed by atoms with Gasteiger partial charge in [0.2, 0.25) is 5.91 Å². The smallest absolute Gasteiger partial charge is 0.239 e. The Morgan fingerprint density at radius 2 is 1.94 bits per heavy atom. The van der Waals surface area contributed by atoms with Crippen LogP contribution in [-0.2, 0) is 11.3 Å². The van der Waals surface area contributed by atoms with Crippen LogP contribution in [0.5, 0.6) is 0 Å². The van der Waals surface area contributed by atoms with Crippen molar-refractivity contribution in [1.29, 1.82) is 0 Å². The Balaban J connectivity index is 0.00000289. The molecule has 0 heterocycles. The van der Waals surface area contributed by atoms with Gasteiger partial charge in [-0.05, 0) is 25.5 Å². The van der Waals surface area contributed by atoms with Gasteiger partial charge in [-0.2, -0.15) is 0 Å². The molecule has 0 saturated heterocycles. The van der Waals surface area contributed by atoms with Crippen molar-refractivity contribution >= 4 is 18.3 Å². The molecule has 0 fully saturated rings. The van der Waals surface area contributed by atoms with E-state index < -0.39 is 0 Å². The van der Waals surface area contributed by atoms with Crippen molar-refractivity contribution in [2.75, 3.05) is 13.6 Å². The molecule has 0 bridgehead atoms. The molecule has 1 aromatic carbocycles. The van der Waals surface area contributed by atoms with E-state index in [9.17, 15) is 4.79 Å². The molecule has 0 saturated carbocycles. The Morgan fingerprint density at radius 1 is 1.33 bits per heavy atom. The van der Waals surface area contributed by atoms with Crippen LogP contribution in [0.3, 0.4) is 0 Å². The van der Waals surface area contributed by atoms with Gasteiger partial charge >= 0.3 is 0 Å². The average Bonchev–Trinajstić information content (AvgIpc) is 2.36. The quantitative estimate of drug-likeness (QED) is 0.861. The van der Waals surface area contributed by atoms with Crippen molar-refractivity contribution in [1.82, 2.24) is 10.2 Å². The Kier molecular flexibility index (Phi) is 8.42. The monoisotopic (exact) mass is 270 g/mol. The molecule has 0 radical (unpaired) electrons. The molecule has 18 heavy (non-hydrogen) atoms. The summed E-state index contributed by atoms with van der Waals surface area (Å²) in [6.07, 6.45) is 1.04. The Labute approximate surface area is 116 Å². The van der Waals surface area contributed by atoms with E-state index in [0.29, 0.717) is 6.54 Å². The highest BCUT2D eigenvalue weighted by atomic mass is 35.5. The predicted molar refractivity (Wildman–Crippen MR) is 77.9 cm³/mol. The summed E-state index contributed by atoms with van der Waals surface area (Å²) in [7, 11) is 1.85. The van der Waals surface area contributed by atoms with Crippen LogP contribution in [0, 0.1) is 0 Å². The summed E-state index contributed by atoms with van der Waals surface area (Å²) in [6, 6.07) is 9.93. The van der Waals surface area contributed by atoms with Crippen LogP contribution in [0.1, 0.15) is 25.8 Å². The first-order valence-electron chi connectivity index (χ1n) is 6.17. The van der Waals surface area contributed by atoms with E-state index in [4.69, 9.17) is 0 Å². The van der Waals surface area contributed by atoms with Crippen molar-refractivity contribution in [3.63, 3.8) is 0 Å². The summed E-state index contributed by atoms with van der Waals surface area (Å²) in [5.41, 5.74) is 1.16. The van der Waals surface area contributed by atoms with E-state index in [1.165, 1.54) is 0 Å². The third-order valence-corrected chi connectivity index (χ3v) is 2.71. The lowest BCUT2D eigenvalue weighted by molar-refractivity contribution is -0.132. The third-order valence-electron chi connectivity index (χ3n) is 2.71. The number of nitrogens with zero attached hydrogens (tertiary/aromatic N) is 1. The molecule has 1 amide bonds. The fourth-order valence-corrected chi connectivity index (χ4v) is 1.71. The molecule has 0 aromatic heterocycles. The summed E-state index contributed by atoms with van der Waals surface area (Å²) in [4.78, 5) is 13.8. The summed E-state index contributed by atoms with van der Waals surface area (Å²) < 4.78 is 0. The maximum atomic E-state index is 12.0. The highest BCUT2D eigenvalue weighted by Gasteiger charge is 2.16. The highest BCUT2D eigenvalue weighted by molar-refractivity contribution is 5.85. The number of rotatable bonds is 6. The number of hydrogen-bond donors (Lipinski definition) is 1. The molecule has 0 aliphatic heterocycles. The van der Waals surface area contributed by atoms with E-state index in [0.717, 1.165) is 18.5 Å². The molecule has 1 atom stereocenters. The SMILES string of the molecule is CCCNC(C)C(=O)N(C)Cc1ccccc1.Cl. The van der Waals surface area contributed by atoms with Crippen molar-refractivity contribution < 1.29 is 4.79 Å². The number of carbonyl (C=O) groups is 1. The molecule has 1 rings (SSSR count). The minimum atomic E-state index is -0.108. The topological polar surface area (TPSA) is 32.3 Å². The third kappa shape index (κ3) is 5.52. The standard InChI is InChI=1S/C14H22N2O.ClH/c1-4-10-15-12(2)14(17)16(3)11-13-8-6-5-7-9-13;/h5-9,12,15H,4,10-11H2,1-3H3;1H. The van der Waals surface area contributed by atoms with Crippen LogP contribution in [0.15, 0.2) is 30.3 Å². The first kappa shape index (κ1) is 16.9. The van der Waals surface area contributed by atoms with E-state index in [1.54, 1.807) is 4.90 Å². The van der Waals surface area contributed by atoms with Crippen molar-refractivity contribution in [2.24, 2.45) is 0 Å². The molecule has 4 heteroatoms. The number of benzene rings is 1. The molecule has 102 valence electrons. The summed E-state index contributed by atoms with van der Waals surface area (Å²) in [5, 5.41) is 3.21. The summed E-state index contributed by atoms with van der Waals surface area (Å²) >= 11 is 0. The Hall–Kier alpha value is -1.06. The molecular weight excluding hydrogens is 248 g/mol. The lowest BCUT2D eigenvalue weighted by atomic mass is 10.2. The van der Waals surface area contributed by atoms with Gasteiger partial charge in [-0.3, -0.25) is 4.79 Å². The van der Waals surface area contributed by atoms with Gasteiger partial charge in [-0.25, -0.2) is 0 Å². The second-order valence-electron chi connectivity index (χ2n) is 4.36. The van der Waals surface area contributed by atoms with Gasteiger partial charge in [0.05, 0.1) is 6.04 Å². The molecule has 0 aliphatic rings. The normalized spacial score (nSPS) is 11.5. The number of halogens is 1. The van der Waals surface area contributed by atoms with Gasteiger partial charge in [-0.15, -0.1) is 12.4 Å². The molecule has 1 N–H and O–H groups in total. The fraction of sp³-hybridized carbons (Fsp3) is 0.500. The van der Waals surface area contributed by atoms with Crippen LogP contribution in [0.2, 0.25) is 0 Å². The van der Waals surface area contributed by atoms with E-state index in [2.05, 4.69) is 12.2 Å². The second kappa shape index (κ2) is 8.95. The molecule has 1 unspecified atom stereocenters. The van der Waals surface area contributed by atoms with E-state index in [-0.39, 0.29) is 24.4 Å². The van der Waals surface area contributed by atoms with Gasteiger partial charge in [0.1, 0.15) is 0 Å². The van der Waals surface area contributed by atoms with Gasteiger partial charge in [-0.1, -0.05) is 37.3 Å². The highest BCUT2D eigenvalue weighted by Crippen LogP contribution is 2.04. The molecule has 3 nitrogen and oxygen atoms in total.